The Kier molecular flexibility index (Phi) is 4.54. The standard InChI is InChI=1S/C13H19FN2O2S/c1-10-4-2-6-12(14)13(10)19(17,18)16-9-11-5-3-7-15-8-11/h2,4,6,11,15-16H,3,5,7-9H2,1H3. The van der Waals surface area contributed by atoms with Gasteiger partial charge in [0.15, 0.2) is 0 Å². The minimum Gasteiger partial charge on any atom is -0.316 e. The number of nitrogens with one attached hydrogen (secondary N) is 2. The summed E-state index contributed by atoms with van der Waals surface area (Å²) in [5, 5.41) is 3.22. The third kappa shape index (κ3) is 3.52. The van der Waals surface area contributed by atoms with E-state index in [9.17, 15) is 12.8 Å². The molecule has 1 atom stereocenters. The Morgan fingerprint density at radius 2 is 2.26 bits per heavy atom. The molecule has 0 aliphatic carbocycles. The Hall–Kier alpha value is -0.980. The van der Waals surface area contributed by atoms with Crippen molar-refractivity contribution in [1.29, 1.82) is 0 Å². The van der Waals surface area contributed by atoms with Crippen LogP contribution in [0.5, 0.6) is 0 Å². The maximum absolute atomic E-state index is 13.7. The lowest BCUT2D eigenvalue weighted by molar-refractivity contribution is 0.375. The third-order valence-corrected chi connectivity index (χ3v) is 4.99. The lowest BCUT2D eigenvalue weighted by Crippen LogP contribution is -2.38. The summed E-state index contributed by atoms with van der Waals surface area (Å²) < 4.78 is 40.5. The van der Waals surface area contributed by atoms with E-state index < -0.39 is 15.8 Å². The number of rotatable bonds is 4. The molecule has 0 bridgehead atoms. The van der Waals surface area contributed by atoms with E-state index in [1.54, 1.807) is 13.0 Å². The molecule has 2 rings (SSSR count). The number of benzene rings is 1. The fourth-order valence-corrected chi connectivity index (χ4v) is 3.77. The van der Waals surface area contributed by atoms with Gasteiger partial charge in [0.1, 0.15) is 10.7 Å². The van der Waals surface area contributed by atoms with Crippen LogP contribution in [0.1, 0.15) is 18.4 Å². The van der Waals surface area contributed by atoms with Gasteiger partial charge in [-0.25, -0.2) is 17.5 Å². The lowest BCUT2D eigenvalue weighted by atomic mass is 10.0. The quantitative estimate of drug-likeness (QED) is 0.880. The normalized spacial score (nSPS) is 20.4. The van der Waals surface area contributed by atoms with Gasteiger partial charge in [-0.3, -0.25) is 0 Å². The SMILES string of the molecule is Cc1cccc(F)c1S(=O)(=O)NCC1CCCNC1. The smallest absolute Gasteiger partial charge is 0.243 e. The second-order valence-electron chi connectivity index (χ2n) is 4.95. The van der Waals surface area contributed by atoms with Crippen molar-refractivity contribution in [2.75, 3.05) is 19.6 Å². The monoisotopic (exact) mass is 286 g/mol. The van der Waals surface area contributed by atoms with E-state index in [1.807, 2.05) is 0 Å². The molecule has 1 aromatic carbocycles. The van der Waals surface area contributed by atoms with Crippen molar-refractivity contribution < 1.29 is 12.8 Å². The van der Waals surface area contributed by atoms with E-state index in [0.29, 0.717) is 12.1 Å². The fourth-order valence-electron chi connectivity index (χ4n) is 2.35. The highest BCUT2D eigenvalue weighted by atomic mass is 32.2. The Balaban J connectivity index is 2.09. The first-order chi connectivity index (χ1) is 9.00. The molecule has 4 nitrogen and oxygen atoms in total. The first kappa shape index (κ1) is 14.4. The molecule has 0 spiro atoms. The number of sulfonamides is 1. The molecular formula is C13H19FN2O2S. The van der Waals surface area contributed by atoms with E-state index in [2.05, 4.69) is 10.0 Å². The van der Waals surface area contributed by atoms with Gasteiger partial charge in [-0.15, -0.1) is 0 Å². The second-order valence-corrected chi connectivity index (χ2v) is 6.65. The van der Waals surface area contributed by atoms with Crippen LogP contribution in [0, 0.1) is 18.7 Å². The zero-order valence-electron chi connectivity index (χ0n) is 10.9. The van der Waals surface area contributed by atoms with Crippen molar-refractivity contribution in [3.63, 3.8) is 0 Å². The molecule has 0 radical (unpaired) electrons. The summed E-state index contributed by atoms with van der Waals surface area (Å²) in [6, 6.07) is 4.28. The maximum atomic E-state index is 13.7. The predicted molar refractivity (Wildman–Crippen MR) is 71.9 cm³/mol. The fraction of sp³-hybridized carbons (Fsp3) is 0.538. The maximum Gasteiger partial charge on any atom is 0.243 e. The third-order valence-electron chi connectivity index (χ3n) is 3.39. The van der Waals surface area contributed by atoms with Crippen LogP contribution in [0.4, 0.5) is 4.39 Å². The van der Waals surface area contributed by atoms with Crippen LogP contribution in [0.3, 0.4) is 0 Å². The highest BCUT2D eigenvalue weighted by Gasteiger charge is 2.23. The number of hydrogen-bond acceptors (Lipinski definition) is 3. The van der Waals surface area contributed by atoms with E-state index >= 15 is 0 Å². The molecular weight excluding hydrogens is 267 g/mol. The number of piperidine rings is 1. The summed E-state index contributed by atoms with van der Waals surface area (Å²) in [6.45, 7) is 3.73. The van der Waals surface area contributed by atoms with Crippen molar-refractivity contribution in [3.05, 3.63) is 29.6 Å². The van der Waals surface area contributed by atoms with Crippen molar-refractivity contribution in [1.82, 2.24) is 10.0 Å². The minimum atomic E-state index is -3.77. The van der Waals surface area contributed by atoms with Gasteiger partial charge in [0.2, 0.25) is 10.0 Å². The Morgan fingerprint density at radius 3 is 2.89 bits per heavy atom. The first-order valence-corrected chi connectivity index (χ1v) is 7.94. The zero-order chi connectivity index (χ0) is 13.9. The van der Waals surface area contributed by atoms with Gasteiger partial charge in [0, 0.05) is 6.54 Å². The summed E-state index contributed by atoms with van der Waals surface area (Å²) in [4.78, 5) is -0.237. The largest absolute Gasteiger partial charge is 0.316 e. The van der Waals surface area contributed by atoms with Gasteiger partial charge in [-0.05, 0) is 50.4 Å². The molecule has 1 aliphatic rings. The number of aryl methyl sites for hydroxylation is 1. The first-order valence-electron chi connectivity index (χ1n) is 6.46. The summed E-state index contributed by atoms with van der Waals surface area (Å²) in [7, 11) is -3.77. The Morgan fingerprint density at radius 1 is 1.47 bits per heavy atom. The van der Waals surface area contributed by atoms with Crippen LogP contribution >= 0.6 is 0 Å². The molecule has 0 aromatic heterocycles. The molecule has 106 valence electrons. The van der Waals surface area contributed by atoms with Gasteiger partial charge in [-0.1, -0.05) is 12.1 Å². The molecule has 1 unspecified atom stereocenters. The Labute approximate surface area is 113 Å². The van der Waals surface area contributed by atoms with Crippen LogP contribution < -0.4 is 10.0 Å². The van der Waals surface area contributed by atoms with Crippen molar-refractivity contribution in [2.24, 2.45) is 5.92 Å². The van der Waals surface area contributed by atoms with E-state index in [4.69, 9.17) is 0 Å². The summed E-state index contributed by atoms with van der Waals surface area (Å²) in [5.41, 5.74) is 0.425. The molecule has 0 amide bonds. The predicted octanol–water partition coefficient (Wildman–Crippen LogP) is 1.41. The zero-order valence-corrected chi connectivity index (χ0v) is 11.8. The lowest BCUT2D eigenvalue weighted by Gasteiger charge is -2.23. The highest BCUT2D eigenvalue weighted by Crippen LogP contribution is 2.19. The summed E-state index contributed by atoms with van der Waals surface area (Å²) in [5.74, 6) is -0.426. The summed E-state index contributed by atoms with van der Waals surface area (Å²) in [6.07, 6.45) is 2.04. The number of halogens is 1. The van der Waals surface area contributed by atoms with Crippen LogP contribution in [0.25, 0.3) is 0 Å². The van der Waals surface area contributed by atoms with Crippen molar-refractivity contribution in [2.45, 2.75) is 24.7 Å². The van der Waals surface area contributed by atoms with Gasteiger partial charge < -0.3 is 5.32 Å². The molecule has 1 saturated heterocycles. The summed E-state index contributed by atoms with van der Waals surface area (Å²) >= 11 is 0. The average molecular weight is 286 g/mol. The van der Waals surface area contributed by atoms with E-state index in [0.717, 1.165) is 25.9 Å². The van der Waals surface area contributed by atoms with Gasteiger partial charge in [-0.2, -0.15) is 0 Å². The molecule has 19 heavy (non-hydrogen) atoms. The topological polar surface area (TPSA) is 58.2 Å². The van der Waals surface area contributed by atoms with E-state index in [1.165, 1.54) is 12.1 Å². The molecule has 1 fully saturated rings. The van der Waals surface area contributed by atoms with Gasteiger partial charge in [0.25, 0.3) is 0 Å². The Bertz CT molecular complexity index is 519. The van der Waals surface area contributed by atoms with Crippen LogP contribution in [0.15, 0.2) is 23.1 Å². The molecule has 1 aromatic rings. The van der Waals surface area contributed by atoms with Crippen molar-refractivity contribution in [3.8, 4) is 0 Å². The van der Waals surface area contributed by atoms with Crippen LogP contribution in [-0.4, -0.2) is 28.1 Å². The van der Waals surface area contributed by atoms with Crippen molar-refractivity contribution >= 4 is 10.0 Å². The molecule has 0 saturated carbocycles. The number of hydrogen-bond donors (Lipinski definition) is 2. The van der Waals surface area contributed by atoms with Gasteiger partial charge >= 0.3 is 0 Å². The van der Waals surface area contributed by atoms with Crippen LogP contribution in [-0.2, 0) is 10.0 Å². The average Bonchev–Trinajstić information content (AvgIpc) is 2.37. The van der Waals surface area contributed by atoms with Crippen LogP contribution in [0.2, 0.25) is 0 Å². The highest BCUT2D eigenvalue weighted by molar-refractivity contribution is 7.89. The van der Waals surface area contributed by atoms with Gasteiger partial charge in [0.05, 0.1) is 0 Å². The second kappa shape index (κ2) is 5.98. The van der Waals surface area contributed by atoms with E-state index in [-0.39, 0.29) is 10.8 Å². The molecule has 6 heteroatoms. The molecule has 1 aliphatic heterocycles. The molecule has 1 heterocycles. The molecule has 2 N–H and O–H groups in total. The minimum absolute atomic E-state index is 0.237.